The van der Waals surface area contributed by atoms with Crippen LogP contribution in [0.1, 0.15) is 23.9 Å². The normalized spacial score (nSPS) is 10.7. The highest BCUT2D eigenvalue weighted by Gasteiger charge is 2.18. The van der Waals surface area contributed by atoms with Crippen molar-refractivity contribution < 1.29 is 14.1 Å². The molecule has 136 valence electrons. The summed E-state index contributed by atoms with van der Waals surface area (Å²) in [5, 5.41) is 5.93. The van der Waals surface area contributed by atoms with Crippen molar-refractivity contribution in [2.75, 3.05) is 13.2 Å². The molecule has 7 heteroatoms. The van der Waals surface area contributed by atoms with Crippen molar-refractivity contribution >= 4 is 17.2 Å². The zero-order chi connectivity index (χ0) is 18.5. The lowest BCUT2D eigenvalue weighted by Gasteiger charge is -2.19. The number of carbonyl (C=O) groups excluding carboxylic acids is 1. The molecule has 2 heterocycles. The first-order valence-corrected chi connectivity index (χ1v) is 9.29. The van der Waals surface area contributed by atoms with Gasteiger partial charge in [-0.2, -0.15) is 4.98 Å². The van der Waals surface area contributed by atoms with E-state index in [9.17, 15) is 4.79 Å². The highest BCUT2D eigenvalue weighted by molar-refractivity contribution is 7.13. The zero-order valence-electron chi connectivity index (χ0n) is 15.1. The van der Waals surface area contributed by atoms with E-state index in [-0.39, 0.29) is 19.1 Å². The molecule has 0 aliphatic rings. The summed E-state index contributed by atoms with van der Waals surface area (Å²) in [5.41, 5.74) is 2.18. The second kappa shape index (κ2) is 8.14. The summed E-state index contributed by atoms with van der Waals surface area (Å²) in [6.45, 7) is 6.69. The molecule has 0 radical (unpaired) electrons. The first-order chi connectivity index (χ1) is 12.6. The highest BCUT2D eigenvalue weighted by Crippen LogP contribution is 2.22. The number of nitrogens with zero attached hydrogens (tertiary/aromatic N) is 3. The number of aryl methyl sites for hydroxylation is 1. The molecule has 3 aromatic rings. The van der Waals surface area contributed by atoms with Crippen molar-refractivity contribution in [2.24, 2.45) is 0 Å². The van der Waals surface area contributed by atoms with Gasteiger partial charge in [0.2, 0.25) is 11.7 Å². The minimum Gasteiger partial charge on any atom is -0.483 e. The number of thiophene rings is 1. The predicted molar refractivity (Wildman–Crippen MR) is 100 cm³/mol. The van der Waals surface area contributed by atoms with Gasteiger partial charge in [0.25, 0.3) is 5.91 Å². The maximum absolute atomic E-state index is 12.5. The smallest absolute Gasteiger partial charge is 0.260 e. The Bertz CT molecular complexity index is 874. The molecule has 6 nitrogen and oxygen atoms in total. The van der Waals surface area contributed by atoms with E-state index in [1.165, 1.54) is 0 Å². The summed E-state index contributed by atoms with van der Waals surface area (Å²) in [7, 11) is 0. The minimum absolute atomic E-state index is 0.0238. The number of ether oxygens (including phenoxy) is 1. The molecule has 1 aromatic carbocycles. The van der Waals surface area contributed by atoms with E-state index in [1.54, 1.807) is 16.2 Å². The van der Waals surface area contributed by atoms with Gasteiger partial charge in [-0.1, -0.05) is 23.4 Å². The summed E-state index contributed by atoms with van der Waals surface area (Å²) < 4.78 is 11.0. The lowest BCUT2D eigenvalue weighted by atomic mass is 10.1. The van der Waals surface area contributed by atoms with Crippen LogP contribution in [0.25, 0.3) is 10.7 Å². The quantitative estimate of drug-likeness (QED) is 0.631. The van der Waals surface area contributed by atoms with Crippen molar-refractivity contribution in [3.05, 3.63) is 52.7 Å². The first kappa shape index (κ1) is 18.1. The lowest BCUT2D eigenvalue weighted by molar-refractivity contribution is -0.134. The molecule has 1 amide bonds. The van der Waals surface area contributed by atoms with Crippen LogP contribution >= 0.6 is 11.3 Å². The Labute approximate surface area is 156 Å². The average molecular weight is 371 g/mol. The molecule has 0 unspecified atom stereocenters. The SMILES string of the molecule is CCN(Cc1nc(-c2cccs2)no1)C(=O)COc1cccc(C)c1C. The molecule has 0 aliphatic heterocycles. The van der Waals surface area contributed by atoms with E-state index in [2.05, 4.69) is 10.1 Å². The molecule has 0 bridgehead atoms. The summed E-state index contributed by atoms with van der Waals surface area (Å²) >= 11 is 1.54. The Kier molecular flexibility index (Phi) is 5.68. The molecular weight excluding hydrogens is 350 g/mol. The van der Waals surface area contributed by atoms with Gasteiger partial charge in [-0.25, -0.2) is 0 Å². The number of amides is 1. The Hall–Kier alpha value is -2.67. The van der Waals surface area contributed by atoms with Gasteiger partial charge in [0, 0.05) is 6.54 Å². The lowest BCUT2D eigenvalue weighted by Crippen LogP contribution is -2.34. The van der Waals surface area contributed by atoms with E-state index in [0.29, 0.717) is 18.3 Å². The Morgan fingerprint density at radius 2 is 2.12 bits per heavy atom. The molecule has 0 saturated carbocycles. The van der Waals surface area contributed by atoms with E-state index in [0.717, 1.165) is 21.8 Å². The van der Waals surface area contributed by atoms with Crippen LogP contribution < -0.4 is 4.74 Å². The number of likely N-dealkylation sites (N-methyl/N-ethyl adjacent to an activating group) is 1. The molecular formula is C19H21N3O3S. The molecule has 26 heavy (non-hydrogen) atoms. The number of aromatic nitrogens is 2. The van der Waals surface area contributed by atoms with Crippen LogP contribution in [0.3, 0.4) is 0 Å². The molecule has 0 N–H and O–H groups in total. The van der Waals surface area contributed by atoms with Crippen LogP contribution in [0.2, 0.25) is 0 Å². The third-order valence-corrected chi connectivity index (χ3v) is 5.04. The van der Waals surface area contributed by atoms with Gasteiger partial charge in [0.1, 0.15) is 12.3 Å². The second-order valence-corrected chi connectivity index (χ2v) is 6.83. The summed E-state index contributed by atoms with van der Waals surface area (Å²) in [6, 6.07) is 9.67. The number of benzene rings is 1. The van der Waals surface area contributed by atoms with Gasteiger partial charge in [-0.05, 0) is 49.4 Å². The largest absolute Gasteiger partial charge is 0.483 e. The molecule has 3 rings (SSSR count). The van der Waals surface area contributed by atoms with Crippen LogP contribution in [0, 0.1) is 13.8 Å². The highest BCUT2D eigenvalue weighted by atomic mass is 32.1. The van der Waals surface area contributed by atoms with E-state index < -0.39 is 0 Å². The summed E-state index contributed by atoms with van der Waals surface area (Å²) in [6.07, 6.45) is 0. The van der Waals surface area contributed by atoms with Gasteiger partial charge < -0.3 is 14.2 Å². The number of hydrogen-bond acceptors (Lipinski definition) is 6. The predicted octanol–water partition coefficient (Wildman–Crippen LogP) is 3.84. The third-order valence-electron chi connectivity index (χ3n) is 4.18. The molecule has 0 saturated heterocycles. The summed E-state index contributed by atoms with van der Waals surface area (Å²) in [5.74, 6) is 1.57. The molecule has 0 atom stereocenters. The van der Waals surface area contributed by atoms with Gasteiger partial charge >= 0.3 is 0 Å². The standard InChI is InChI=1S/C19H21N3O3S/c1-4-22(11-17-20-19(21-25-17)16-9-6-10-26-16)18(23)12-24-15-8-5-7-13(2)14(15)3/h5-10H,4,11-12H2,1-3H3. The Morgan fingerprint density at radius 3 is 2.85 bits per heavy atom. The first-order valence-electron chi connectivity index (χ1n) is 8.41. The molecule has 0 fully saturated rings. The fourth-order valence-corrected chi connectivity index (χ4v) is 3.13. The topological polar surface area (TPSA) is 68.5 Å². The number of rotatable bonds is 7. The fraction of sp³-hybridized carbons (Fsp3) is 0.316. The maximum atomic E-state index is 12.5. The number of carbonyl (C=O) groups is 1. The van der Waals surface area contributed by atoms with Crippen LogP contribution in [0.15, 0.2) is 40.2 Å². The zero-order valence-corrected chi connectivity index (χ0v) is 15.9. The molecule has 0 aliphatic carbocycles. The molecule has 0 spiro atoms. The van der Waals surface area contributed by atoms with Crippen molar-refractivity contribution in [1.29, 1.82) is 0 Å². The van der Waals surface area contributed by atoms with Crippen LogP contribution in [-0.4, -0.2) is 34.1 Å². The van der Waals surface area contributed by atoms with E-state index in [4.69, 9.17) is 9.26 Å². The summed E-state index contributed by atoms with van der Waals surface area (Å²) in [4.78, 5) is 19.4. The van der Waals surface area contributed by atoms with Crippen molar-refractivity contribution in [3.63, 3.8) is 0 Å². The van der Waals surface area contributed by atoms with Crippen LogP contribution in [0.5, 0.6) is 5.75 Å². The fourth-order valence-electron chi connectivity index (χ4n) is 2.48. The molecule has 2 aromatic heterocycles. The minimum atomic E-state index is -0.121. The van der Waals surface area contributed by atoms with Crippen LogP contribution in [0.4, 0.5) is 0 Å². The van der Waals surface area contributed by atoms with Gasteiger partial charge in [-0.3, -0.25) is 4.79 Å². The van der Waals surface area contributed by atoms with E-state index >= 15 is 0 Å². The van der Waals surface area contributed by atoms with Gasteiger partial charge in [0.15, 0.2) is 6.61 Å². The van der Waals surface area contributed by atoms with Crippen molar-refractivity contribution in [3.8, 4) is 16.5 Å². The average Bonchev–Trinajstić information content (AvgIpc) is 3.32. The van der Waals surface area contributed by atoms with E-state index in [1.807, 2.05) is 56.5 Å². The number of hydrogen-bond donors (Lipinski definition) is 0. The third kappa shape index (κ3) is 4.11. The maximum Gasteiger partial charge on any atom is 0.260 e. The van der Waals surface area contributed by atoms with Gasteiger partial charge in [0.05, 0.1) is 4.88 Å². The second-order valence-electron chi connectivity index (χ2n) is 5.88. The van der Waals surface area contributed by atoms with Crippen molar-refractivity contribution in [2.45, 2.75) is 27.3 Å². The van der Waals surface area contributed by atoms with Gasteiger partial charge in [-0.15, -0.1) is 11.3 Å². The Balaban J connectivity index is 1.61. The van der Waals surface area contributed by atoms with Crippen LogP contribution in [-0.2, 0) is 11.3 Å². The monoisotopic (exact) mass is 371 g/mol. The Morgan fingerprint density at radius 1 is 1.27 bits per heavy atom. The van der Waals surface area contributed by atoms with Crippen molar-refractivity contribution in [1.82, 2.24) is 15.0 Å².